The Kier molecular flexibility index (Phi) is 4.59. The highest BCUT2D eigenvalue weighted by molar-refractivity contribution is 9.10. The van der Waals surface area contributed by atoms with E-state index >= 15 is 0 Å². The molecule has 0 fully saturated rings. The second-order valence-corrected chi connectivity index (χ2v) is 6.92. The largest absolute Gasteiger partial charge is 0.309 e. The van der Waals surface area contributed by atoms with Gasteiger partial charge in [0.15, 0.2) is 0 Å². The summed E-state index contributed by atoms with van der Waals surface area (Å²) in [6.07, 6.45) is 0. The van der Waals surface area contributed by atoms with Crippen LogP contribution in [-0.4, -0.2) is 7.05 Å². The van der Waals surface area contributed by atoms with Crippen LogP contribution in [0, 0.1) is 12.7 Å². The molecular weight excluding hydrogens is 381 g/mol. The minimum absolute atomic E-state index is 0.159. The van der Waals surface area contributed by atoms with Gasteiger partial charge in [-0.25, -0.2) is 4.39 Å². The Bertz CT molecular complexity index is 548. The van der Waals surface area contributed by atoms with Gasteiger partial charge in [-0.05, 0) is 48.1 Å². The molecule has 0 radical (unpaired) electrons. The minimum atomic E-state index is -0.207. The number of thiophene rings is 1. The van der Waals surface area contributed by atoms with E-state index in [0.717, 1.165) is 13.8 Å². The number of nitrogens with one attached hydrogen (secondary N) is 1. The van der Waals surface area contributed by atoms with Crippen LogP contribution in [0.3, 0.4) is 0 Å². The average Bonchev–Trinajstić information content (AvgIpc) is 2.63. The van der Waals surface area contributed by atoms with Gasteiger partial charge in [0, 0.05) is 24.3 Å². The summed E-state index contributed by atoms with van der Waals surface area (Å²) in [7, 11) is 1.84. The highest BCUT2D eigenvalue weighted by atomic mass is 79.9. The summed E-state index contributed by atoms with van der Waals surface area (Å²) in [5, 5.41) is 3.18. The Balaban J connectivity index is 2.55. The fourth-order valence-electron chi connectivity index (χ4n) is 1.89. The molecule has 1 N–H and O–H groups in total. The minimum Gasteiger partial charge on any atom is -0.309 e. The number of benzene rings is 1. The molecule has 1 aromatic carbocycles. The van der Waals surface area contributed by atoms with E-state index in [2.05, 4.69) is 43.2 Å². The molecule has 0 aliphatic carbocycles. The Morgan fingerprint density at radius 3 is 2.50 bits per heavy atom. The molecule has 0 spiro atoms. The maximum atomic E-state index is 14.0. The monoisotopic (exact) mass is 391 g/mol. The summed E-state index contributed by atoms with van der Waals surface area (Å²) >= 11 is 8.63. The molecule has 96 valence electrons. The van der Waals surface area contributed by atoms with Crippen molar-refractivity contribution >= 4 is 43.2 Å². The van der Waals surface area contributed by atoms with Crippen LogP contribution in [-0.2, 0) is 0 Å². The first kappa shape index (κ1) is 14.2. The molecule has 0 bridgehead atoms. The van der Waals surface area contributed by atoms with E-state index in [1.807, 2.05) is 20.0 Å². The van der Waals surface area contributed by atoms with Crippen LogP contribution < -0.4 is 5.32 Å². The van der Waals surface area contributed by atoms with E-state index in [1.165, 1.54) is 10.9 Å². The highest BCUT2D eigenvalue weighted by Gasteiger charge is 2.22. The van der Waals surface area contributed by atoms with Crippen LogP contribution in [0.4, 0.5) is 4.39 Å². The van der Waals surface area contributed by atoms with E-state index in [4.69, 9.17) is 0 Å². The molecule has 5 heteroatoms. The van der Waals surface area contributed by atoms with Crippen molar-refractivity contribution in [2.45, 2.75) is 13.0 Å². The molecule has 1 nitrogen and oxygen atoms in total. The van der Waals surface area contributed by atoms with E-state index in [-0.39, 0.29) is 11.9 Å². The quantitative estimate of drug-likeness (QED) is 0.772. The number of hydrogen-bond acceptors (Lipinski definition) is 2. The average molecular weight is 393 g/mol. The van der Waals surface area contributed by atoms with Crippen molar-refractivity contribution in [3.63, 3.8) is 0 Å². The molecule has 1 aromatic heterocycles. The molecular formula is C13H12Br2FNS. The van der Waals surface area contributed by atoms with Crippen molar-refractivity contribution in [1.82, 2.24) is 5.32 Å². The zero-order valence-corrected chi connectivity index (χ0v) is 13.9. The molecule has 1 unspecified atom stereocenters. The Morgan fingerprint density at radius 2 is 2.00 bits per heavy atom. The standard InChI is InChI=1S/C13H12Br2FNS/c1-7-6-9(15)13(18-7)12(17-2)11-8(14)4-3-5-10(11)16/h3-6,12,17H,1-2H3. The summed E-state index contributed by atoms with van der Waals surface area (Å²) in [4.78, 5) is 2.28. The van der Waals surface area contributed by atoms with Gasteiger partial charge in [-0.3, -0.25) is 0 Å². The van der Waals surface area contributed by atoms with Crippen molar-refractivity contribution in [3.8, 4) is 0 Å². The van der Waals surface area contributed by atoms with Gasteiger partial charge in [0.2, 0.25) is 0 Å². The first-order valence-electron chi connectivity index (χ1n) is 5.41. The van der Waals surface area contributed by atoms with E-state index in [1.54, 1.807) is 17.4 Å². The van der Waals surface area contributed by atoms with Crippen molar-refractivity contribution < 1.29 is 4.39 Å². The first-order valence-corrected chi connectivity index (χ1v) is 7.82. The summed E-state index contributed by atoms with van der Waals surface area (Å²) < 4.78 is 15.8. The lowest BCUT2D eigenvalue weighted by molar-refractivity contribution is 0.576. The van der Waals surface area contributed by atoms with Gasteiger partial charge in [0.1, 0.15) is 5.82 Å². The van der Waals surface area contributed by atoms with Crippen LogP contribution in [0.2, 0.25) is 0 Å². The molecule has 18 heavy (non-hydrogen) atoms. The van der Waals surface area contributed by atoms with Gasteiger partial charge < -0.3 is 5.32 Å². The van der Waals surface area contributed by atoms with Gasteiger partial charge in [-0.15, -0.1) is 11.3 Å². The molecule has 0 aliphatic heterocycles. The zero-order chi connectivity index (χ0) is 13.3. The van der Waals surface area contributed by atoms with Gasteiger partial charge >= 0.3 is 0 Å². The Hall–Kier alpha value is -0.230. The summed E-state index contributed by atoms with van der Waals surface area (Å²) in [6, 6.07) is 6.94. The summed E-state index contributed by atoms with van der Waals surface area (Å²) in [6.45, 7) is 2.04. The number of halogens is 3. The van der Waals surface area contributed by atoms with E-state index in [9.17, 15) is 4.39 Å². The predicted octanol–water partition coefficient (Wildman–Crippen LogP) is 5.03. The van der Waals surface area contributed by atoms with E-state index < -0.39 is 0 Å². The van der Waals surface area contributed by atoms with Gasteiger partial charge in [0.05, 0.1) is 6.04 Å². The predicted molar refractivity (Wildman–Crippen MR) is 81.8 cm³/mol. The van der Waals surface area contributed by atoms with Gasteiger partial charge in [-0.1, -0.05) is 22.0 Å². The third-order valence-electron chi connectivity index (χ3n) is 2.68. The zero-order valence-electron chi connectivity index (χ0n) is 9.93. The highest BCUT2D eigenvalue weighted by Crippen LogP contribution is 2.38. The van der Waals surface area contributed by atoms with E-state index in [0.29, 0.717) is 5.56 Å². The lowest BCUT2D eigenvalue weighted by atomic mass is 10.0. The Morgan fingerprint density at radius 1 is 1.28 bits per heavy atom. The molecule has 0 saturated heterocycles. The second-order valence-electron chi connectivity index (χ2n) is 3.93. The lowest BCUT2D eigenvalue weighted by Crippen LogP contribution is -2.18. The van der Waals surface area contributed by atoms with Crippen LogP contribution in [0.1, 0.15) is 21.4 Å². The maximum absolute atomic E-state index is 14.0. The third kappa shape index (κ3) is 2.69. The van der Waals surface area contributed by atoms with Crippen molar-refractivity contribution in [3.05, 3.63) is 54.3 Å². The molecule has 2 aromatic rings. The molecule has 1 atom stereocenters. The SMILES string of the molecule is CNC(c1sc(C)cc1Br)c1c(F)cccc1Br. The summed E-state index contributed by atoms with van der Waals surface area (Å²) in [5.74, 6) is -0.207. The van der Waals surface area contributed by atoms with Crippen LogP contribution in [0.15, 0.2) is 33.2 Å². The van der Waals surface area contributed by atoms with Crippen molar-refractivity contribution in [2.75, 3.05) is 7.05 Å². The Labute approximate surface area is 127 Å². The molecule has 1 heterocycles. The lowest BCUT2D eigenvalue weighted by Gasteiger charge is -2.18. The third-order valence-corrected chi connectivity index (χ3v) is 5.40. The number of hydrogen-bond donors (Lipinski definition) is 1. The normalized spacial score (nSPS) is 12.7. The fourth-order valence-corrected chi connectivity index (χ4v) is 4.46. The molecule has 0 amide bonds. The van der Waals surface area contributed by atoms with Crippen molar-refractivity contribution in [1.29, 1.82) is 0 Å². The number of aryl methyl sites for hydroxylation is 1. The topological polar surface area (TPSA) is 12.0 Å². The van der Waals surface area contributed by atoms with Crippen LogP contribution in [0.5, 0.6) is 0 Å². The second kappa shape index (κ2) is 5.82. The maximum Gasteiger partial charge on any atom is 0.129 e. The number of rotatable bonds is 3. The summed E-state index contributed by atoms with van der Waals surface area (Å²) in [5.41, 5.74) is 0.641. The van der Waals surface area contributed by atoms with Crippen LogP contribution in [0.25, 0.3) is 0 Å². The molecule has 0 aliphatic rings. The smallest absolute Gasteiger partial charge is 0.129 e. The first-order chi connectivity index (χ1) is 8.54. The van der Waals surface area contributed by atoms with Gasteiger partial charge in [0.25, 0.3) is 0 Å². The molecule has 2 rings (SSSR count). The molecule has 0 saturated carbocycles. The van der Waals surface area contributed by atoms with Crippen molar-refractivity contribution in [2.24, 2.45) is 0 Å². The van der Waals surface area contributed by atoms with Gasteiger partial charge in [-0.2, -0.15) is 0 Å². The van der Waals surface area contributed by atoms with Crippen LogP contribution >= 0.6 is 43.2 Å². The fraction of sp³-hybridized carbons (Fsp3) is 0.231.